The molecule has 1 aliphatic rings. The molecule has 9 heteroatoms. The first-order chi connectivity index (χ1) is 15.1. The number of rotatable bonds is 6. The molecule has 0 N–H and O–H groups in total. The molecule has 1 aromatic carbocycles. The van der Waals surface area contributed by atoms with Crippen molar-refractivity contribution in [1.29, 1.82) is 0 Å². The van der Waals surface area contributed by atoms with Crippen molar-refractivity contribution in [2.45, 2.75) is 43.0 Å². The van der Waals surface area contributed by atoms with Crippen molar-refractivity contribution in [3.8, 4) is 5.75 Å². The monoisotopic (exact) mass is 438 g/mol. The number of pyridine rings is 1. The van der Waals surface area contributed by atoms with Gasteiger partial charge < -0.3 is 9.64 Å². The van der Waals surface area contributed by atoms with E-state index in [1.807, 2.05) is 44.4 Å². The summed E-state index contributed by atoms with van der Waals surface area (Å²) >= 11 is 1.66. The van der Waals surface area contributed by atoms with E-state index in [-0.39, 0.29) is 6.09 Å². The number of amides is 1. The maximum Gasteiger partial charge on any atom is 0.415 e. The number of carbonyl (C=O) groups is 1. The zero-order valence-electron chi connectivity index (χ0n) is 17.8. The molecule has 2 aromatic heterocycles. The van der Waals surface area contributed by atoms with Crippen LogP contribution in [0.5, 0.6) is 5.75 Å². The number of carbonyl (C=O) groups excluding carboxylic acids is 1. The standard InChI is InChI=1S/C22H26N6O2S/c1-16-3-7-18(23-15-16)8-4-17-5-9-19(10-6-17)30-22(29)28-13-11-20(12-14-28)31-21-24-25-26-27(21)2/h3,5-7,9-10,15,20H,4,8,11-14H2,1-2H3. The minimum Gasteiger partial charge on any atom is -0.410 e. The van der Waals surface area contributed by atoms with E-state index < -0.39 is 0 Å². The number of piperidine rings is 1. The minimum absolute atomic E-state index is 0.291. The predicted molar refractivity (Wildman–Crippen MR) is 118 cm³/mol. The molecule has 3 aromatic rings. The largest absolute Gasteiger partial charge is 0.415 e. The molecule has 0 spiro atoms. The van der Waals surface area contributed by atoms with Crippen LogP contribution >= 0.6 is 11.8 Å². The molecule has 3 heterocycles. The van der Waals surface area contributed by atoms with Crippen LogP contribution in [0.1, 0.15) is 29.7 Å². The quantitative estimate of drug-likeness (QED) is 0.583. The molecule has 4 rings (SSSR count). The predicted octanol–water partition coefficient (Wildman–Crippen LogP) is 3.45. The summed E-state index contributed by atoms with van der Waals surface area (Å²) in [5.41, 5.74) is 3.44. The zero-order chi connectivity index (χ0) is 21.6. The molecule has 31 heavy (non-hydrogen) atoms. The molecule has 0 aliphatic carbocycles. The van der Waals surface area contributed by atoms with Crippen LogP contribution in [0.15, 0.2) is 47.8 Å². The van der Waals surface area contributed by atoms with Crippen molar-refractivity contribution in [1.82, 2.24) is 30.1 Å². The van der Waals surface area contributed by atoms with Crippen LogP contribution in [-0.2, 0) is 19.9 Å². The van der Waals surface area contributed by atoms with E-state index in [1.165, 1.54) is 11.1 Å². The summed E-state index contributed by atoms with van der Waals surface area (Å²) in [4.78, 5) is 18.7. The Morgan fingerprint density at radius 2 is 1.90 bits per heavy atom. The summed E-state index contributed by atoms with van der Waals surface area (Å²) in [6, 6.07) is 11.9. The Hall–Kier alpha value is -2.94. The Morgan fingerprint density at radius 3 is 2.55 bits per heavy atom. The number of aromatic nitrogens is 5. The highest BCUT2D eigenvalue weighted by molar-refractivity contribution is 7.99. The van der Waals surface area contributed by atoms with Gasteiger partial charge in [0.1, 0.15) is 5.75 Å². The summed E-state index contributed by atoms with van der Waals surface area (Å²) in [5.74, 6) is 0.573. The highest BCUT2D eigenvalue weighted by atomic mass is 32.2. The van der Waals surface area contributed by atoms with E-state index in [0.717, 1.165) is 36.5 Å². The first-order valence-corrected chi connectivity index (χ1v) is 11.3. The number of tetrazole rings is 1. The average Bonchev–Trinajstić information content (AvgIpc) is 3.19. The van der Waals surface area contributed by atoms with Crippen LogP contribution in [0.4, 0.5) is 4.79 Å². The lowest BCUT2D eigenvalue weighted by Crippen LogP contribution is -2.41. The number of hydrogen-bond donors (Lipinski definition) is 0. The van der Waals surface area contributed by atoms with Crippen LogP contribution in [0, 0.1) is 6.92 Å². The van der Waals surface area contributed by atoms with Gasteiger partial charge in [0.15, 0.2) is 0 Å². The van der Waals surface area contributed by atoms with Crippen LogP contribution in [0.3, 0.4) is 0 Å². The van der Waals surface area contributed by atoms with Crippen molar-refractivity contribution in [3.05, 3.63) is 59.4 Å². The number of likely N-dealkylation sites (tertiary alicyclic amines) is 1. The first-order valence-electron chi connectivity index (χ1n) is 10.4. The zero-order valence-corrected chi connectivity index (χ0v) is 18.6. The minimum atomic E-state index is -0.291. The molecule has 0 saturated carbocycles. The summed E-state index contributed by atoms with van der Waals surface area (Å²) in [6.45, 7) is 3.38. The van der Waals surface area contributed by atoms with Crippen LogP contribution in [0.25, 0.3) is 0 Å². The summed E-state index contributed by atoms with van der Waals surface area (Å²) < 4.78 is 7.25. The van der Waals surface area contributed by atoms with Crippen molar-refractivity contribution >= 4 is 17.9 Å². The molecule has 1 fully saturated rings. The van der Waals surface area contributed by atoms with E-state index in [2.05, 4.69) is 32.6 Å². The highest BCUT2D eigenvalue weighted by Crippen LogP contribution is 2.28. The number of benzene rings is 1. The molecule has 162 valence electrons. The van der Waals surface area contributed by atoms with Gasteiger partial charge in [0.05, 0.1) is 0 Å². The normalized spacial score (nSPS) is 14.6. The number of aryl methyl sites for hydroxylation is 4. The van der Waals surface area contributed by atoms with Gasteiger partial charge in [-0.3, -0.25) is 4.98 Å². The van der Waals surface area contributed by atoms with E-state index in [9.17, 15) is 4.79 Å². The summed E-state index contributed by atoms with van der Waals surface area (Å²) in [7, 11) is 1.83. The molecule has 0 unspecified atom stereocenters. The lowest BCUT2D eigenvalue weighted by Gasteiger charge is -2.30. The third kappa shape index (κ3) is 5.81. The van der Waals surface area contributed by atoms with Gasteiger partial charge in [0, 0.05) is 37.3 Å². The number of thioether (sulfide) groups is 1. The third-order valence-corrected chi connectivity index (χ3v) is 6.69. The molecule has 0 atom stereocenters. The Morgan fingerprint density at radius 1 is 1.13 bits per heavy atom. The second-order valence-corrected chi connectivity index (χ2v) is 9.00. The first kappa shape index (κ1) is 21.3. The third-order valence-electron chi connectivity index (χ3n) is 5.32. The van der Waals surface area contributed by atoms with Gasteiger partial charge in [-0.25, -0.2) is 9.48 Å². The fraction of sp³-hybridized carbons (Fsp3) is 0.409. The number of ether oxygens (including phenoxy) is 1. The van der Waals surface area contributed by atoms with Crippen LogP contribution < -0.4 is 4.74 Å². The summed E-state index contributed by atoms with van der Waals surface area (Å²) in [5, 5.41) is 12.7. The van der Waals surface area contributed by atoms with Gasteiger partial charge in [-0.05, 0) is 72.4 Å². The van der Waals surface area contributed by atoms with Gasteiger partial charge in [-0.15, -0.1) is 5.10 Å². The molecule has 1 amide bonds. The molecule has 1 saturated heterocycles. The SMILES string of the molecule is Cc1ccc(CCc2ccc(OC(=O)N3CCC(Sc4nnnn4C)CC3)cc2)nc1. The summed E-state index contributed by atoms with van der Waals surface area (Å²) in [6.07, 6.45) is 5.16. The Labute approximate surface area is 186 Å². The average molecular weight is 439 g/mol. The number of nitrogens with zero attached hydrogens (tertiary/aromatic N) is 6. The van der Waals surface area contributed by atoms with Crippen molar-refractivity contribution in [2.24, 2.45) is 7.05 Å². The molecule has 0 radical (unpaired) electrons. The Bertz CT molecular complexity index is 998. The maximum atomic E-state index is 12.5. The second-order valence-electron chi connectivity index (χ2n) is 7.73. The smallest absolute Gasteiger partial charge is 0.410 e. The Kier molecular flexibility index (Phi) is 6.81. The fourth-order valence-electron chi connectivity index (χ4n) is 3.43. The highest BCUT2D eigenvalue weighted by Gasteiger charge is 2.26. The molecule has 8 nitrogen and oxygen atoms in total. The van der Waals surface area contributed by atoms with E-state index >= 15 is 0 Å². The molecule has 1 aliphatic heterocycles. The van der Waals surface area contributed by atoms with E-state index in [0.29, 0.717) is 24.1 Å². The lowest BCUT2D eigenvalue weighted by atomic mass is 10.1. The molecular weight excluding hydrogens is 412 g/mol. The van der Waals surface area contributed by atoms with E-state index in [4.69, 9.17) is 4.74 Å². The van der Waals surface area contributed by atoms with Crippen LogP contribution in [-0.4, -0.2) is 54.5 Å². The second kappa shape index (κ2) is 9.91. The van der Waals surface area contributed by atoms with Crippen LogP contribution in [0.2, 0.25) is 0 Å². The Balaban J connectivity index is 1.22. The molecule has 0 bridgehead atoms. The fourth-order valence-corrected chi connectivity index (χ4v) is 4.45. The maximum absolute atomic E-state index is 12.5. The van der Waals surface area contributed by atoms with Crippen molar-refractivity contribution < 1.29 is 9.53 Å². The van der Waals surface area contributed by atoms with E-state index in [1.54, 1.807) is 21.3 Å². The van der Waals surface area contributed by atoms with Gasteiger partial charge in [0.25, 0.3) is 0 Å². The lowest BCUT2D eigenvalue weighted by molar-refractivity contribution is 0.143. The van der Waals surface area contributed by atoms with Gasteiger partial charge >= 0.3 is 6.09 Å². The molecular formula is C22H26N6O2S. The van der Waals surface area contributed by atoms with Gasteiger partial charge in [0.2, 0.25) is 5.16 Å². The van der Waals surface area contributed by atoms with Gasteiger partial charge in [-0.1, -0.05) is 30.0 Å². The topological polar surface area (TPSA) is 86.0 Å². The number of hydrogen-bond acceptors (Lipinski definition) is 7. The van der Waals surface area contributed by atoms with Crippen molar-refractivity contribution in [2.75, 3.05) is 13.1 Å². The van der Waals surface area contributed by atoms with Crippen molar-refractivity contribution in [3.63, 3.8) is 0 Å². The van der Waals surface area contributed by atoms with Gasteiger partial charge in [-0.2, -0.15) is 0 Å².